The van der Waals surface area contributed by atoms with Crippen LogP contribution in [0.1, 0.15) is 56.7 Å². The zero-order valence-electron chi connectivity index (χ0n) is 17.3. The van der Waals surface area contributed by atoms with E-state index in [1.807, 2.05) is 26.2 Å². The molecule has 10 heteroatoms. The number of alkyl halides is 3. The first-order valence-corrected chi connectivity index (χ1v) is 10.8. The molecular formula is C20H26F3N3O3S. The molecule has 1 aromatic heterocycles. The number of ether oxygens (including phenoxy) is 1. The number of hydrogen-bond acceptors (Lipinski definition) is 5. The fourth-order valence-corrected chi connectivity index (χ4v) is 4.47. The molecule has 6 nitrogen and oxygen atoms in total. The van der Waals surface area contributed by atoms with E-state index in [1.54, 1.807) is 4.90 Å². The van der Waals surface area contributed by atoms with Gasteiger partial charge >= 0.3 is 12.3 Å². The third-order valence-electron chi connectivity index (χ3n) is 4.99. The molecule has 1 aromatic rings. The van der Waals surface area contributed by atoms with E-state index in [0.29, 0.717) is 30.1 Å². The van der Waals surface area contributed by atoms with Crippen molar-refractivity contribution in [3.05, 3.63) is 22.2 Å². The number of piperidine rings is 1. The van der Waals surface area contributed by atoms with Crippen LogP contribution in [0.25, 0.3) is 5.57 Å². The van der Waals surface area contributed by atoms with E-state index >= 15 is 0 Å². The van der Waals surface area contributed by atoms with Gasteiger partial charge in [-0.2, -0.15) is 13.2 Å². The zero-order valence-corrected chi connectivity index (χ0v) is 18.1. The molecule has 1 fully saturated rings. The highest BCUT2D eigenvalue weighted by molar-refractivity contribution is 7.10. The lowest BCUT2D eigenvalue weighted by molar-refractivity contribution is -0.158. The lowest BCUT2D eigenvalue weighted by Crippen LogP contribution is -2.41. The molecule has 3 heterocycles. The van der Waals surface area contributed by atoms with Crippen LogP contribution in [0, 0.1) is 0 Å². The van der Waals surface area contributed by atoms with E-state index in [-0.39, 0.29) is 18.6 Å². The van der Waals surface area contributed by atoms with Gasteiger partial charge in [0.05, 0.1) is 5.69 Å². The third-order valence-corrected chi connectivity index (χ3v) is 5.93. The molecule has 0 unspecified atom stereocenters. The van der Waals surface area contributed by atoms with Crippen molar-refractivity contribution >= 4 is 28.9 Å². The summed E-state index contributed by atoms with van der Waals surface area (Å²) in [7, 11) is 0. The molecule has 0 radical (unpaired) electrons. The first-order valence-electron chi connectivity index (χ1n) is 9.91. The van der Waals surface area contributed by atoms with Crippen LogP contribution in [0.4, 0.5) is 18.0 Å². The molecule has 2 aliphatic rings. The summed E-state index contributed by atoms with van der Waals surface area (Å²) < 4.78 is 43.0. The van der Waals surface area contributed by atoms with Crippen LogP contribution in [-0.2, 0) is 9.53 Å². The SMILES string of the molecule is CC(C)(C)OC(=O)N1CCC(c2csc(C3=CC(=O)N(CC(F)(F)F)CC3)n2)CC1. The van der Waals surface area contributed by atoms with Crippen molar-refractivity contribution in [2.75, 3.05) is 26.2 Å². The van der Waals surface area contributed by atoms with Gasteiger partial charge in [-0.3, -0.25) is 4.79 Å². The van der Waals surface area contributed by atoms with Gasteiger partial charge in [0.25, 0.3) is 0 Å². The van der Waals surface area contributed by atoms with Crippen molar-refractivity contribution in [2.24, 2.45) is 0 Å². The summed E-state index contributed by atoms with van der Waals surface area (Å²) in [5.41, 5.74) is 1.06. The first kappa shape index (κ1) is 22.6. The van der Waals surface area contributed by atoms with Gasteiger partial charge < -0.3 is 14.5 Å². The van der Waals surface area contributed by atoms with Crippen LogP contribution in [0.2, 0.25) is 0 Å². The minimum absolute atomic E-state index is 0.0351. The average molecular weight is 446 g/mol. The number of rotatable bonds is 3. The van der Waals surface area contributed by atoms with Crippen LogP contribution in [0.3, 0.4) is 0 Å². The Morgan fingerprint density at radius 2 is 1.90 bits per heavy atom. The number of nitrogens with zero attached hydrogens (tertiary/aromatic N) is 3. The molecule has 0 aromatic carbocycles. The number of carbonyl (C=O) groups excluding carboxylic acids is 2. The number of halogens is 3. The number of hydrogen-bond donors (Lipinski definition) is 0. The van der Waals surface area contributed by atoms with Crippen molar-refractivity contribution in [2.45, 2.75) is 57.7 Å². The molecule has 0 N–H and O–H groups in total. The van der Waals surface area contributed by atoms with Crippen molar-refractivity contribution in [3.63, 3.8) is 0 Å². The van der Waals surface area contributed by atoms with Gasteiger partial charge in [0.15, 0.2) is 0 Å². The Labute approximate surface area is 177 Å². The maximum Gasteiger partial charge on any atom is 0.410 e. The fraction of sp³-hybridized carbons (Fsp3) is 0.650. The van der Waals surface area contributed by atoms with Gasteiger partial charge in [0.1, 0.15) is 17.2 Å². The van der Waals surface area contributed by atoms with Crippen LogP contribution < -0.4 is 0 Å². The van der Waals surface area contributed by atoms with Gasteiger partial charge in [0, 0.05) is 37.0 Å². The summed E-state index contributed by atoms with van der Waals surface area (Å²) in [6, 6.07) is 0. The smallest absolute Gasteiger partial charge is 0.410 e. The van der Waals surface area contributed by atoms with E-state index in [2.05, 4.69) is 4.98 Å². The minimum Gasteiger partial charge on any atom is -0.444 e. The molecule has 0 saturated carbocycles. The predicted octanol–water partition coefficient (Wildman–Crippen LogP) is 4.44. The lowest BCUT2D eigenvalue weighted by atomic mass is 9.94. The molecule has 30 heavy (non-hydrogen) atoms. The van der Waals surface area contributed by atoms with Crippen molar-refractivity contribution in [1.82, 2.24) is 14.8 Å². The fourth-order valence-electron chi connectivity index (χ4n) is 3.53. The van der Waals surface area contributed by atoms with Gasteiger partial charge in [0.2, 0.25) is 5.91 Å². The molecular weight excluding hydrogens is 419 g/mol. The van der Waals surface area contributed by atoms with Crippen molar-refractivity contribution in [3.8, 4) is 0 Å². The maximum atomic E-state index is 12.5. The van der Waals surface area contributed by atoms with Gasteiger partial charge in [-0.1, -0.05) is 0 Å². The van der Waals surface area contributed by atoms with Crippen molar-refractivity contribution < 1.29 is 27.5 Å². The maximum absolute atomic E-state index is 12.5. The van der Waals surface area contributed by atoms with E-state index < -0.39 is 24.2 Å². The summed E-state index contributed by atoms with van der Waals surface area (Å²) in [5.74, 6) is -0.425. The Morgan fingerprint density at radius 3 is 2.47 bits per heavy atom. The van der Waals surface area contributed by atoms with Gasteiger partial charge in [-0.05, 0) is 45.6 Å². The second-order valence-corrected chi connectivity index (χ2v) is 9.47. The number of thiazole rings is 1. The summed E-state index contributed by atoms with van der Waals surface area (Å²) >= 11 is 1.40. The van der Waals surface area contributed by atoms with E-state index in [1.165, 1.54) is 17.4 Å². The third kappa shape index (κ3) is 5.96. The molecule has 0 aliphatic carbocycles. The Balaban J connectivity index is 1.58. The van der Waals surface area contributed by atoms with Crippen LogP contribution in [0.5, 0.6) is 0 Å². The van der Waals surface area contributed by atoms with E-state index in [9.17, 15) is 22.8 Å². The van der Waals surface area contributed by atoms with Gasteiger partial charge in [-0.25, -0.2) is 9.78 Å². The zero-order chi connectivity index (χ0) is 22.1. The molecule has 0 atom stereocenters. The first-order chi connectivity index (χ1) is 13.9. The highest BCUT2D eigenvalue weighted by Crippen LogP contribution is 2.33. The number of aromatic nitrogens is 1. The summed E-state index contributed by atoms with van der Waals surface area (Å²) in [5, 5.41) is 2.62. The standard InChI is InChI=1S/C20H26F3N3O3S/c1-19(2,3)29-18(28)25-7-4-13(5-8-25)15-11-30-17(24-15)14-6-9-26(16(27)10-14)12-20(21,22)23/h10-11,13H,4-9,12H2,1-3H3. The quantitative estimate of drug-likeness (QED) is 0.690. The Kier molecular flexibility index (Phi) is 6.45. The second kappa shape index (κ2) is 8.56. The second-order valence-electron chi connectivity index (χ2n) is 8.61. The highest BCUT2D eigenvalue weighted by Gasteiger charge is 2.34. The number of carbonyl (C=O) groups is 2. The van der Waals surface area contributed by atoms with Crippen LogP contribution in [0.15, 0.2) is 11.5 Å². The van der Waals surface area contributed by atoms with Crippen LogP contribution >= 0.6 is 11.3 Å². The summed E-state index contributed by atoms with van der Waals surface area (Å²) in [6.07, 6.45) is -1.56. The molecule has 1 saturated heterocycles. The average Bonchev–Trinajstić information content (AvgIpc) is 3.11. The normalized spacial score (nSPS) is 19.1. The monoisotopic (exact) mass is 445 g/mol. The Hall–Kier alpha value is -2.10. The topological polar surface area (TPSA) is 62.7 Å². The molecule has 0 spiro atoms. The number of likely N-dealkylation sites (tertiary alicyclic amines) is 1. The van der Waals surface area contributed by atoms with E-state index in [4.69, 9.17) is 4.74 Å². The highest BCUT2D eigenvalue weighted by atomic mass is 32.1. The van der Waals surface area contributed by atoms with Gasteiger partial charge in [-0.15, -0.1) is 11.3 Å². The summed E-state index contributed by atoms with van der Waals surface area (Å²) in [6.45, 7) is 5.48. The number of amides is 2. The molecule has 166 valence electrons. The van der Waals surface area contributed by atoms with E-state index in [0.717, 1.165) is 23.4 Å². The minimum atomic E-state index is -4.40. The largest absolute Gasteiger partial charge is 0.444 e. The molecule has 2 aliphatic heterocycles. The Morgan fingerprint density at radius 1 is 1.23 bits per heavy atom. The van der Waals surface area contributed by atoms with Crippen LogP contribution in [-0.4, -0.2) is 64.7 Å². The molecule has 3 rings (SSSR count). The van der Waals surface area contributed by atoms with Crippen molar-refractivity contribution in [1.29, 1.82) is 0 Å². The molecule has 2 amide bonds. The predicted molar refractivity (Wildman–Crippen MR) is 107 cm³/mol. The molecule has 0 bridgehead atoms. The lowest BCUT2D eigenvalue weighted by Gasteiger charge is -2.33. The Bertz CT molecular complexity index is 821. The summed E-state index contributed by atoms with van der Waals surface area (Å²) in [4.78, 5) is 31.4.